The van der Waals surface area contributed by atoms with E-state index in [1.165, 1.54) is 16.7 Å². The van der Waals surface area contributed by atoms with Crippen molar-refractivity contribution in [1.82, 2.24) is 0 Å². The molecule has 0 spiro atoms. The molecule has 20 heavy (non-hydrogen) atoms. The molecule has 2 N–H and O–H groups in total. The van der Waals surface area contributed by atoms with Crippen LogP contribution in [0.15, 0.2) is 59.6 Å². The van der Waals surface area contributed by atoms with Gasteiger partial charge in [-0.25, -0.2) is 0 Å². The largest absolute Gasteiger partial charge is 0.379 e. The Morgan fingerprint density at radius 3 is 2.30 bits per heavy atom. The van der Waals surface area contributed by atoms with Crippen LogP contribution in [-0.4, -0.2) is 10.9 Å². The normalized spacial score (nSPS) is 22.4. The van der Waals surface area contributed by atoms with E-state index in [0.29, 0.717) is 5.17 Å². The average Bonchev–Trinajstić information content (AvgIpc) is 2.48. The van der Waals surface area contributed by atoms with Crippen molar-refractivity contribution in [3.63, 3.8) is 0 Å². The van der Waals surface area contributed by atoms with Gasteiger partial charge in [0.15, 0.2) is 5.17 Å². The molecule has 102 valence electrons. The van der Waals surface area contributed by atoms with E-state index < -0.39 is 0 Å². The first-order valence-corrected chi connectivity index (χ1v) is 7.80. The van der Waals surface area contributed by atoms with Crippen LogP contribution in [-0.2, 0) is 5.54 Å². The summed E-state index contributed by atoms with van der Waals surface area (Å²) in [6.07, 6.45) is 1.03. The van der Waals surface area contributed by atoms with Gasteiger partial charge in [-0.15, -0.1) is 0 Å². The van der Waals surface area contributed by atoms with Crippen molar-refractivity contribution in [3.05, 3.63) is 60.2 Å². The van der Waals surface area contributed by atoms with Crippen LogP contribution in [0.2, 0.25) is 0 Å². The molecule has 2 nitrogen and oxygen atoms in total. The maximum Gasteiger partial charge on any atom is 0.154 e. The number of aliphatic imine (C=N–C) groups is 1. The van der Waals surface area contributed by atoms with E-state index in [4.69, 9.17) is 5.73 Å². The second kappa shape index (κ2) is 5.33. The quantitative estimate of drug-likeness (QED) is 0.903. The molecule has 0 aliphatic carbocycles. The van der Waals surface area contributed by atoms with Gasteiger partial charge in [0.05, 0.1) is 5.54 Å². The fraction of sp³-hybridized carbons (Fsp3) is 0.235. The summed E-state index contributed by atoms with van der Waals surface area (Å²) in [6, 6.07) is 19.1. The third-order valence-corrected chi connectivity index (χ3v) is 4.60. The number of thioether (sulfide) groups is 1. The number of rotatable bonds is 2. The number of amidine groups is 1. The maximum absolute atomic E-state index is 5.88. The van der Waals surface area contributed by atoms with Gasteiger partial charge < -0.3 is 5.73 Å². The number of nitrogens with two attached hydrogens (primary N) is 1. The maximum atomic E-state index is 5.88. The lowest BCUT2D eigenvalue weighted by Gasteiger charge is -2.29. The smallest absolute Gasteiger partial charge is 0.154 e. The molecule has 0 amide bonds. The van der Waals surface area contributed by atoms with Crippen molar-refractivity contribution >= 4 is 16.9 Å². The minimum absolute atomic E-state index is 0.176. The summed E-state index contributed by atoms with van der Waals surface area (Å²) in [6.45, 7) is 2.16. The molecule has 1 aliphatic rings. The molecule has 1 atom stereocenters. The van der Waals surface area contributed by atoms with Crippen LogP contribution in [0.25, 0.3) is 11.1 Å². The summed E-state index contributed by atoms with van der Waals surface area (Å²) in [4.78, 5) is 4.64. The first-order chi connectivity index (χ1) is 9.67. The van der Waals surface area contributed by atoms with E-state index in [9.17, 15) is 0 Å². The monoisotopic (exact) mass is 282 g/mol. The Bertz CT molecular complexity index is 619. The molecule has 0 radical (unpaired) electrons. The lowest BCUT2D eigenvalue weighted by Crippen LogP contribution is -2.28. The third kappa shape index (κ3) is 2.59. The van der Waals surface area contributed by atoms with E-state index in [1.807, 2.05) is 6.07 Å². The Morgan fingerprint density at radius 2 is 1.65 bits per heavy atom. The minimum atomic E-state index is -0.176. The molecule has 2 aromatic rings. The van der Waals surface area contributed by atoms with E-state index in [0.717, 1.165) is 12.2 Å². The van der Waals surface area contributed by atoms with Gasteiger partial charge in [0.25, 0.3) is 0 Å². The molecule has 0 bridgehead atoms. The van der Waals surface area contributed by atoms with Crippen LogP contribution in [0.3, 0.4) is 0 Å². The molecule has 0 aromatic heterocycles. The fourth-order valence-electron chi connectivity index (χ4n) is 2.55. The Hall–Kier alpha value is -1.74. The summed E-state index contributed by atoms with van der Waals surface area (Å²) >= 11 is 1.64. The van der Waals surface area contributed by atoms with Gasteiger partial charge in [-0.2, -0.15) is 0 Å². The van der Waals surface area contributed by atoms with Crippen molar-refractivity contribution in [2.45, 2.75) is 18.9 Å². The van der Waals surface area contributed by atoms with Crippen LogP contribution in [0.5, 0.6) is 0 Å². The first kappa shape index (κ1) is 13.3. The van der Waals surface area contributed by atoms with Crippen molar-refractivity contribution in [2.75, 3.05) is 5.75 Å². The zero-order valence-corrected chi connectivity index (χ0v) is 12.4. The molecule has 3 heteroatoms. The molecule has 1 aliphatic heterocycles. The number of benzene rings is 2. The van der Waals surface area contributed by atoms with E-state index in [1.54, 1.807) is 11.8 Å². The van der Waals surface area contributed by atoms with Gasteiger partial charge in [-0.1, -0.05) is 66.4 Å². The summed E-state index contributed by atoms with van der Waals surface area (Å²) in [7, 11) is 0. The van der Waals surface area contributed by atoms with Crippen molar-refractivity contribution < 1.29 is 0 Å². The Balaban J connectivity index is 1.92. The van der Waals surface area contributed by atoms with Crippen molar-refractivity contribution in [3.8, 4) is 11.1 Å². The van der Waals surface area contributed by atoms with Crippen LogP contribution in [0.1, 0.15) is 18.9 Å². The second-order valence-corrected chi connectivity index (χ2v) is 6.38. The van der Waals surface area contributed by atoms with E-state index in [-0.39, 0.29) is 5.54 Å². The molecular weight excluding hydrogens is 264 g/mol. The first-order valence-electron chi connectivity index (χ1n) is 6.81. The van der Waals surface area contributed by atoms with Gasteiger partial charge in [0.2, 0.25) is 0 Å². The fourth-order valence-corrected chi connectivity index (χ4v) is 3.52. The van der Waals surface area contributed by atoms with Gasteiger partial charge in [0, 0.05) is 5.75 Å². The molecule has 1 heterocycles. The SMILES string of the molecule is C[C@]1(c2ccc(-c3ccccc3)cc2)CCSC(N)=N1. The molecule has 0 fully saturated rings. The summed E-state index contributed by atoms with van der Waals surface area (Å²) in [5, 5.41) is 0.700. The molecular formula is C17H18N2S. The Kier molecular flexibility index (Phi) is 3.53. The second-order valence-electron chi connectivity index (χ2n) is 5.27. The van der Waals surface area contributed by atoms with Gasteiger partial charge >= 0.3 is 0 Å². The molecule has 3 rings (SSSR count). The zero-order valence-electron chi connectivity index (χ0n) is 11.5. The summed E-state index contributed by atoms with van der Waals surface area (Å²) < 4.78 is 0. The topological polar surface area (TPSA) is 38.4 Å². The van der Waals surface area contributed by atoms with Crippen LogP contribution < -0.4 is 5.73 Å². The standard InChI is InChI=1S/C17H18N2S/c1-17(11-12-20-16(18)19-17)15-9-7-14(8-10-15)13-5-3-2-4-6-13/h2-10H,11-12H2,1H3,(H2,18,19)/t17-/m1/s1. The summed E-state index contributed by atoms with van der Waals surface area (Å²) in [5.41, 5.74) is 9.42. The Morgan fingerprint density at radius 1 is 1.00 bits per heavy atom. The van der Waals surface area contributed by atoms with E-state index >= 15 is 0 Å². The number of nitrogens with zero attached hydrogens (tertiary/aromatic N) is 1. The molecule has 0 saturated heterocycles. The number of hydrogen-bond donors (Lipinski definition) is 1. The number of hydrogen-bond acceptors (Lipinski definition) is 3. The molecule has 2 aromatic carbocycles. The highest BCUT2D eigenvalue weighted by molar-refractivity contribution is 8.13. The average molecular weight is 282 g/mol. The highest BCUT2D eigenvalue weighted by Crippen LogP contribution is 2.35. The third-order valence-electron chi connectivity index (χ3n) is 3.81. The summed E-state index contributed by atoms with van der Waals surface area (Å²) in [5.74, 6) is 1.03. The predicted molar refractivity (Wildman–Crippen MR) is 87.9 cm³/mol. The minimum Gasteiger partial charge on any atom is -0.379 e. The molecule has 0 saturated carbocycles. The van der Waals surface area contributed by atoms with Crippen LogP contribution in [0.4, 0.5) is 0 Å². The van der Waals surface area contributed by atoms with Gasteiger partial charge in [0.1, 0.15) is 0 Å². The Labute approximate surface area is 124 Å². The highest BCUT2D eigenvalue weighted by atomic mass is 32.2. The lowest BCUT2D eigenvalue weighted by molar-refractivity contribution is 0.482. The van der Waals surface area contributed by atoms with Crippen LogP contribution >= 0.6 is 11.8 Å². The van der Waals surface area contributed by atoms with Crippen LogP contribution in [0, 0.1) is 0 Å². The van der Waals surface area contributed by atoms with Crippen molar-refractivity contribution in [1.29, 1.82) is 0 Å². The van der Waals surface area contributed by atoms with Gasteiger partial charge in [-0.05, 0) is 30.0 Å². The predicted octanol–water partition coefficient (Wildman–Crippen LogP) is 4.02. The van der Waals surface area contributed by atoms with Gasteiger partial charge in [-0.3, -0.25) is 4.99 Å². The van der Waals surface area contributed by atoms with E-state index in [2.05, 4.69) is 60.4 Å². The van der Waals surface area contributed by atoms with Crippen molar-refractivity contribution in [2.24, 2.45) is 10.7 Å². The highest BCUT2D eigenvalue weighted by Gasteiger charge is 2.29. The zero-order chi connectivity index (χ0) is 14.0. The lowest BCUT2D eigenvalue weighted by atomic mass is 9.88. The molecule has 0 unspecified atom stereocenters.